The van der Waals surface area contributed by atoms with Gasteiger partial charge in [0.25, 0.3) is 0 Å². The predicted molar refractivity (Wildman–Crippen MR) is 76.3 cm³/mol. The second kappa shape index (κ2) is 7.37. The van der Waals surface area contributed by atoms with Gasteiger partial charge in [0, 0.05) is 30.4 Å². The van der Waals surface area contributed by atoms with Crippen LogP contribution in [0.15, 0.2) is 18.2 Å². The van der Waals surface area contributed by atoms with E-state index in [9.17, 15) is 4.39 Å². The summed E-state index contributed by atoms with van der Waals surface area (Å²) in [5, 5.41) is 0. The summed E-state index contributed by atoms with van der Waals surface area (Å²) >= 11 is 0. The first-order valence-corrected chi connectivity index (χ1v) is 6.89. The Labute approximate surface area is 110 Å². The molecule has 0 aliphatic heterocycles. The van der Waals surface area contributed by atoms with E-state index in [2.05, 4.69) is 25.7 Å². The third-order valence-corrected chi connectivity index (χ3v) is 3.48. The zero-order valence-corrected chi connectivity index (χ0v) is 11.7. The van der Waals surface area contributed by atoms with Crippen LogP contribution in [0.5, 0.6) is 0 Å². The standard InChI is InChI=1S/C15H25FN2/c1-4-6-10-18(12(3)5-2)15-9-7-8-14(16)13(15)11-17/h7-9,12H,4-6,10-11,17H2,1-3H3. The first-order chi connectivity index (χ1) is 8.65. The van der Waals surface area contributed by atoms with Crippen molar-refractivity contribution in [1.29, 1.82) is 0 Å². The first kappa shape index (κ1) is 15.0. The van der Waals surface area contributed by atoms with Crippen molar-refractivity contribution in [3.05, 3.63) is 29.6 Å². The van der Waals surface area contributed by atoms with Crippen LogP contribution in [0.2, 0.25) is 0 Å². The normalized spacial score (nSPS) is 12.5. The van der Waals surface area contributed by atoms with Crippen LogP contribution in [0.25, 0.3) is 0 Å². The Kier molecular flexibility index (Phi) is 6.13. The van der Waals surface area contributed by atoms with Crippen LogP contribution in [0.3, 0.4) is 0 Å². The summed E-state index contributed by atoms with van der Waals surface area (Å²) in [6.45, 7) is 7.72. The van der Waals surface area contributed by atoms with Crippen LogP contribution in [0, 0.1) is 5.82 Å². The van der Waals surface area contributed by atoms with E-state index in [0.29, 0.717) is 11.6 Å². The molecule has 1 unspecified atom stereocenters. The maximum absolute atomic E-state index is 13.8. The number of benzene rings is 1. The number of nitrogens with zero attached hydrogens (tertiary/aromatic N) is 1. The smallest absolute Gasteiger partial charge is 0.129 e. The number of unbranched alkanes of at least 4 members (excludes halogenated alkanes) is 1. The van der Waals surface area contributed by atoms with Gasteiger partial charge in [0.15, 0.2) is 0 Å². The Balaban J connectivity index is 3.07. The molecule has 0 saturated carbocycles. The molecule has 18 heavy (non-hydrogen) atoms. The van der Waals surface area contributed by atoms with Crippen LogP contribution in [-0.2, 0) is 6.54 Å². The lowest BCUT2D eigenvalue weighted by Crippen LogP contribution is -2.34. The molecule has 1 rings (SSSR count). The minimum absolute atomic E-state index is 0.195. The average molecular weight is 252 g/mol. The fraction of sp³-hybridized carbons (Fsp3) is 0.600. The highest BCUT2D eigenvalue weighted by molar-refractivity contribution is 5.55. The van der Waals surface area contributed by atoms with Crippen LogP contribution in [0.1, 0.15) is 45.6 Å². The van der Waals surface area contributed by atoms with Crippen molar-refractivity contribution in [2.45, 2.75) is 52.6 Å². The summed E-state index contributed by atoms with van der Waals surface area (Å²) in [4.78, 5) is 2.29. The van der Waals surface area contributed by atoms with Crippen LogP contribution >= 0.6 is 0 Å². The monoisotopic (exact) mass is 252 g/mol. The van der Waals surface area contributed by atoms with Crippen molar-refractivity contribution in [1.82, 2.24) is 0 Å². The van der Waals surface area contributed by atoms with Crippen molar-refractivity contribution in [3.8, 4) is 0 Å². The van der Waals surface area contributed by atoms with Crippen LogP contribution in [0.4, 0.5) is 10.1 Å². The molecule has 0 saturated heterocycles. The van der Waals surface area contributed by atoms with E-state index in [-0.39, 0.29) is 12.4 Å². The third kappa shape index (κ3) is 3.45. The van der Waals surface area contributed by atoms with Crippen LogP contribution in [-0.4, -0.2) is 12.6 Å². The Morgan fingerprint density at radius 2 is 2.06 bits per heavy atom. The molecule has 2 N–H and O–H groups in total. The van der Waals surface area contributed by atoms with E-state index in [4.69, 9.17) is 5.73 Å². The van der Waals surface area contributed by atoms with E-state index in [1.165, 1.54) is 6.07 Å². The molecule has 1 atom stereocenters. The molecular formula is C15H25FN2. The molecule has 3 heteroatoms. The lowest BCUT2D eigenvalue weighted by Gasteiger charge is -2.32. The fourth-order valence-electron chi connectivity index (χ4n) is 2.15. The minimum Gasteiger partial charge on any atom is -0.368 e. The van der Waals surface area contributed by atoms with Gasteiger partial charge in [0.2, 0.25) is 0 Å². The molecule has 0 aliphatic rings. The van der Waals surface area contributed by atoms with Gasteiger partial charge in [-0.1, -0.05) is 26.3 Å². The molecule has 102 valence electrons. The molecule has 0 aliphatic carbocycles. The Bertz CT molecular complexity index is 366. The quantitative estimate of drug-likeness (QED) is 0.802. The van der Waals surface area contributed by atoms with Gasteiger partial charge in [-0.15, -0.1) is 0 Å². The second-order valence-corrected chi connectivity index (χ2v) is 4.75. The number of halogens is 1. The Hall–Kier alpha value is -1.09. The average Bonchev–Trinajstić information content (AvgIpc) is 2.39. The van der Waals surface area contributed by atoms with Crippen LogP contribution < -0.4 is 10.6 Å². The second-order valence-electron chi connectivity index (χ2n) is 4.75. The van der Waals surface area contributed by atoms with Gasteiger partial charge in [-0.3, -0.25) is 0 Å². The van der Waals surface area contributed by atoms with E-state index in [0.717, 1.165) is 31.5 Å². The molecule has 0 aromatic heterocycles. The lowest BCUT2D eigenvalue weighted by atomic mass is 10.1. The van der Waals surface area contributed by atoms with Gasteiger partial charge < -0.3 is 10.6 Å². The summed E-state index contributed by atoms with van der Waals surface area (Å²) in [7, 11) is 0. The molecule has 0 heterocycles. The Morgan fingerprint density at radius 3 is 2.61 bits per heavy atom. The molecule has 0 bridgehead atoms. The van der Waals surface area contributed by atoms with Crippen molar-refractivity contribution in [2.24, 2.45) is 5.73 Å². The SMILES string of the molecule is CCCCN(c1cccc(F)c1CN)C(C)CC. The number of rotatable bonds is 7. The van der Waals surface area contributed by atoms with Crippen molar-refractivity contribution < 1.29 is 4.39 Å². The lowest BCUT2D eigenvalue weighted by molar-refractivity contribution is 0.579. The summed E-state index contributed by atoms with van der Waals surface area (Å²) in [6.07, 6.45) is 3.30. The largest absolute Gasteiger partial charge is 0.368 e. The molecule has 0 spiro atoms. The highest BCUT2D eigenvalue weighted by Crippen LogP contribution is 2.26. The molecule has 0 fully saturated rings. The third-order valence-electron chi connectivity index (χ3n) is 3.48. The maximum Gasteiger partial charge on any atom is 0.129 e. The molecule has 0 amide bonds. The number of hydrogen-bond donors (Lipinski definition) is 1. The fourth-order valence-corrected chi connectivity index (χ4v) is 2.15. The summed E-state index contributed by atoms with van der Waals surface area (Å²) in [5.41, 5.74) is 7.28. The zero-order chi connectivity index (χ0) is 13.5. The van der Waals surface area contributed by atoms with Crippen molar-refractivity contribution in [3.63, 3.8) is 0 Å². The van der Waals surface area contributed by atoms with E-state index >= 15 is 0 Å². The minimum atomic E-state index is -0.195. The molecule has 2 nitrogen and oxygen atoms in total. The van der Waals surface area contributed by atoms with Gasteiger partial charge in [-0.2, -0.15) is 0 Å². The summed E-state index contributed by atoms with van der Waals surface area (Å²) < 4.78 is 13.8. The highest BCUT2D eigenvalue weighted by Gasteiger charge is 2.17. The summed E-state index contributed by atoms with van der Waals surface area (Å²) in [5.74, 6) is -0.195. The van der Waals surface area contributed by atoms with E-state index in [1.807, 2.05) is 6.07 Å². The number of anilines is 1. The van der Waals surface area contributed by atoms with Gasteiger partial charge in [-0.25, -0.2) is 4.39 Å². The van der Waals surface area contributed by atoms with Gasteiger partial charge in [-0.05, 0) is 31.9 Å². The van der Waals surface area contributed by atoms with Gasteiger partial charge >= 0.3 is 0 Å². The topological polar surface area (TPSA) is 29.3 Å². The Morgan fingerprint density at radius 1 is 1.33 bits per heavy atom. The molecular weight excluding hydrogens is 227 g/mol. The first-order valence-electron chi connectivity index (χ1n) is 6.89. The predicted octanol–water partition coefficient (Wildman–Crippen LogP) is 3.69. The number of hydrogen-bond acceptors (Lipinski definition) is 2. The summed E-state index contributed by atoms with van der Waals surface area (Å²) in [6, 6.07) is 5.64. The van der Waals surface area contributed by atoms with Gasteiger partial charge in [0.05, 0.1) is 0 Å². The highest BCUT2D eigenvalue weighted by atomic mass is 19.1. The number of nitrogens with two attached hydrogens (primary N) is 1. The van der Waals surface area contributed by atoms with Crippen molar-refractivity contribution >= 4 is 5.69 Å². The zero-order valence-electron chi connectivity index (χ0n) is 11.7. The molecule has 1 aromatic carbocycles. The molecule has 0 radical (unpaired) electrons. The molecule has 1 aromatic rings. The maximum atomic E-state index is 13.8. The van der Waals surface area contributed by atoms with E-state index < -0.39 is 0 Å². The van der Waals surface area contributed by atoms with Gasteiger partial charge in [0.1, 0.15) is 5.82 Å². The van der Waals surface area contributed by atoms with Crippen molar-refractivity contribution in [2.75, 3.05) is 11.4 Å². The van der Waals surface area contributed by atoms with E-state index in [1.54, 1.807) is 6.07 Å².